The first kappa shape index (κ1) is 11.4. The van der Waals surface area contributed by atoms with Crippen LogP contribution in [0, 0.1) is 23.2 Å². The summed E-state index contributed by atoms with van der Waals surface area (Å²) in [5.41, 5.74) is 0.534. The Bertz CT molecular complexity index is 367. The highest BCUT2D eigenvalue weighted by molar-refractivity contribution is 8.02. The summed E-state index contributed by atoms with van der Waals surface area (Å²) in [6.07, 6.45) is 2.74. The van der Waals surface area contributed by atoms with Crippen LogP contribution < -0.4 is 0 Å². The molecule has 1 nitrogen and oxygen atoms in total. The van der Waals surface area contributed by atoms with Gasteiger partial charge in [0.2, 0.25) is 0 Å². The molecule has 17 heavy (non-hydrogen) atoms. The summed E-state index contributed by atoms with van der Waals surface area (Å²) in [5, 5.41) is 0.0852. The van der Waals surface area contributed by atoms with Crippen LogP contribution in [0.3, 0.4) is 0 Å². The Kier molecular flexibility index (Phi) is 2.52. The fourth-order valence-corrected chi connectivity index (χ4v) is 7.56. The SMILES string of the molecule is [2H][C@@]1([Si](C)(C)C)OC[C@@H]2[C@H](C[C@H]3C[C@@H]2C3(C)C)S1. The summed E-state index contributed by atoms with van der Waals surface area (Å²) in [5.74, 6) is 2.46. The first-order valence-corrected chi connectivity index (χ1v) is 11.3. The van der Waals surface area contributed by atoms with E-state index < -0.39 is 13.1 Å². The molecule has 3 heteroatoms. The number of ether oxygens (including phenoxy) is 1. The van der Waals surface area contributed by atoms with Gasteiger partial charge in [0.15, 0.2) is 0 Å². The van der Waals surface area contributed by atoms with Gasteiger partial charge in [0.1, 0.15) is 0 Å². The lowest BCUT2D eigenvalue weighted by Gasteiger charge is -2.64. The highest BCUT2D eigenvalue weighted by atomic mass is 32.2. The monoisotopic (exact) mass is 271 g/mol. The van der Waals surface area contributed by atoms with Crippen molar-refractivity contribution < 1.29 is 6.11 Å². The van der Waals surface area contributed by atoms with Gasteiger partial charge in [0, 0.05) is 5.25 Å². The molecule has 0 radical (unpaired) electrons. The zero-order valence-corrected chi connectivity index (χ0v) is 13.6. The first-order chi connectivity index (χ1) is 8.15. The minimum atomic E-state index is -1.59. The molecular formula is C14H26OSSi. The molecule has 0 unspecified atom stereocenters. The van der Waals surface area contributed by atoms with Crippen molar-refractivity contribution in [2.24, 2.45) is 23.2 Å². The van der Waals surface area contributed by atoms with Gasteiger partial charge in [-0.2, -0.15) is 0 Å². The Morgan fingerprint density at radius 3 is 2.59 bits per heavy atom. The molecular weight excluding hydrogens is 244 g/mol. The molecule has 4 rings (SSSR count). The van der Waals surface area contributed by atoms with Crippen LogP contribution in [0.5, 0.6) is 0 Å². The van der Waals surface area contributed by atoms with Crippen LogP contribution in [-0.4, -0.2) is 25.0 Å². The lowest BCUT2D eigenvalue weighted by atomic mass is 9.45. The summed E-state index contributed by atoms with van der Waals surface area (Å²) in [6.45, 7) is 12.5. The van der Waals surface area contributed by atoms with Crippen molar-refractivity contribution in [2.75, 3.05) is 6.61 Å². The minimum Gasteiger partial charge on any atom is -0.371 e. The normalized spacial score (nSPS) is 53.4. The molecule has 4 aliphatic rings. The summed E-state index contributed by atoms with van der Waals surface area (Å²) in [7, 11) is -1.59. The fourth-order valence-electron chi connectivity index (χ4n) is 3.99. The summed E-state index contributed by atoms with van der Waals surface area (Å²) in [4.78, 5) is 0. The third-order valence-corrected chi connectivity index (χ3v) is 10.1. The minimum absolute atomic E-state index is 0.534. The number of thioether (sulfide) groups is 1. The van der Waals surface area contributed by atoms with Crippen molar-refractivity contribution in [3.63, 3.8) is 0 Å². The lowest BCUT2D eigenvalue weighted by Crippen LogP contribution is -2.60. The van der Waals surface area contributed by atoms with Gasteiger partial charge in [-0.05, 0) is 36.0 Å². The van der Waals surface area contributed by atoms with Gasteiger partial charge in [-0.1, -0.05) is 33.5 Å². The molecule has 0 aromatic heterocycles. The molecule has 5 atom stereocenters. The van der Waals surface area contributed by atoms with Crippen molar-refractivity contribution in [2.45, 2.75) is 56.6 Å². The highest BCUT2D eigenvalue weighted by Gasteiger charge is 2.59. The number of rotatable bonds is 1. The van der Waals surface area contributed by atoms with Crippen LogP contribution in [-0.2, 0) is 4.74 Å². The predicted molar refractivity (Wildman–Crippen MR) is 78.0 cm³/mol. The van der Waals surface area contributed by atoms with Gasteiger partial charge in [-0.25, -0.2) is 0 Å². The van der Waals surface area contributed by atoms with E-state index in [0.29, 0.717) is 16.6 Å². The van der Waals surface area contributed by atoms with E-state index in [4.69, 9.17) is 6.11 Å². The van der Waals surface area contributed by atoms with Crippen molar-refractivity contribution in [1.82, 2.24) is 0 Å². The summed E-state index contributed by atoms with van der Waals surface area (Å²) < 4.78 is 14.8. The van der Waals surface area contributed by atoms with Crippen LogP contribution >= 0.6 is 11.8 Å². The van der Waals surface area contributed by atoms with Crippen LogP contribution in [0.4, 0.5) is 0 Å². The van der Waals surface area contributed by atoms with E-state index in [2.05, 4.69) is 33.5 Å². The predicted octanol–water partition coefficient (Wildman–Crippen LogP) is 4.00. The second kappa shape index (κ2) is 3.77. The average molecular weight is 272 g/mol. The maximum Gasteiger partial charge on any atom is 0.0914 e. The molecule has 2 bridgehead atoms. The quantitative estimate of drug-likeness (QED) is 0.667. The Morgan fingerprint density at radius 1 is 1.29 bits per heavy atom. The van der Waals surface area contributed by atoms with Gasteiger partial charge >= 0.3 is 0 Å². The second-order valence-corrected chi connectivity index (χ2v) is 14.3. The second-order valence-electron chi connectivity index (χ2n) is 7.76. The average Bonchev–Trinajstić information content (AvgIpc) is 2.26. The molecule has 0 aromatic carbocycles. The van der Waals surface area contributed by atoms with Crippen LogP contribution in [0.15, 0.2) is 0 Å². The Hall–Kier alpha value is 0.527. The third kappa shape index (κ3) is 1.84. The van der Waals surface area contributed by atoms with Gasteiger partial charge in [0.05, 0.1) is 21.1 Å². The summed E-state index contributed by atoms with van der Waals surface area (Å²) in [6, 6.07) is 0. The molecule has 1 heterocycles. The molecule has 0 spiro atoms. The molecule has 1 saturated heterocycles. The number of hydrogen-bond donors (Lipinski definition) is 0. The van der Waals surface area contributed by atoms with Gasteiger partial charge in [-0.15, -0.1) is 11.8 Å². The third-order valence-electron chi connectivity index (χ3n) is 5.34. The van der Waals surface area contributed by atoms with E-state index in [1.165, 1.54) is 12.8 Å². The molecule has 98 valence electrons. The first-order valence-electron chi connectivity index (χ1n) is 7.47. The number of hydrogen-bond acceptors (Lipinski definition) is 2. The van der Waals surface area contributed by atoms with Gasteiger partial charge in [0.25, 0.3) is 0 Å². The smallest absolute Gasteiger partial charge is 0.0914 e. The van der Waals surface area contributed by atoms with Crippen molar-refractivity contribution in [3.05, 3.63) is 0 Å². The van der Waals surface area contributed by atoms with Crippen molar-refractivity contribution in [1.29, 1.82) is 0 Å². The van der Waals surface area contributed by atoms with E-state index in [1.54, 1.807) is 0 Å². The van der Waals surface area contributed by atoms with E-state index in [-0.39, 0.29) is 0 Å². The Morgan fingerprint density at radius 2 is 2.00 bits per heavy atom. The molecule has 3 saturated carbocycles. The van der Waals surface area contributed by atoms with Gasteiger partial charge in [-0.3, -0.25) is 0 Å². The van der Waals surface area contributed by atoms with Crippen LogP contribution in [0.25, 0.3) is 0 Å². The molecule has 0 N–H and O–H groups in total. The van der Waals surface area contributed by atoms with Gasteiger partial charge < -0.3 is 4.74 Å². The zero-order chi connectivity index (χ0) is 13.3. The summed E-state index contributed by atoms with van der Waals surface area (Å²) >= 11 is 1.87. The standard InChI is InChI=1S/C14H26OSSi/c1-14(2)9-6-11(14)10-8-15-13(17(3,4)5)16-12(10)7-9/h9-13H,6-8H2,1-5H3/t9-,10+,11+,12+,13-/m1/s1/i13D. The lowest BCUT2D eigenvalue weighted by molar-refractivity contribution is -0.124. The molecule has 4 fully saturated rings. The maximum atomic E-state index is 8.68. The fraction of sp³-hybridized carbons (Fsp3) is 1.00. The van der Waals surface area contributed by atoms with E-state index >= 15 is 0 Å². The van der Waals surface area contributed by atoms with E-state index in [0.717, 1.165) is 18.4 Å². The topological polar surface area (TPSA) is 9.23 Å². The molecule has 0 aromatic rings. The molecule has 0 amide bonds. The molecule has 3 aliphatic carbocycles. The van der Waals surface area contributed by atoms with E-state index in [1.807, 2.05) is 11.8 Å². The molecule has 1 aliphatic heterocycles. The van der Waals surface area contributed by atoms with Crippen LogP contribution in [0.1, 0.15) is 28.1 Å². The van der Waals surface area contributed by atoms with Crippen molar-refractivity contribution in [3.8, 4) is 0 Å². The zero-order valence-electron chi connectivity index (χ0n) is 12.7. The Balaban J connectivity index is 1.78. The largest absolute Gasteiger partial charge is 0.371 e. The van der Waals surface area contributed by atoms with Crippen LogP contribution in [0.2, 0.25) is 19.6 Å². The maximum absolute atomic E-state index is 8.68. The highest BCUT2D eigenvalue weighted by Crippen LogP contribution is 2.64. The van der Waals surface area contributed by atoms with Crippen molar-refractivity contribution >= 4 is 19.8 Å². The Labute approximate surface area is 112 Å². The van der Waals surface area contributed by atoms with E-state index in [9.17, 15) is 0 Å².